The summed E-state index contributed by atoms with van der Waals surface area (Å²) in [5.74, 6) is -0.0804. The largest absolute Gasteiger partial charge is 0.466 e. The molecule has 0 spiro atoms. The highest BCUT2D eigenvalue weighted by Crippen LogP contribution is 2.38. The molecular weight excluding hydrogens is 410 g/mol. The first-order valence-corrected chi connectivity index (χ1v) is 11.6. The van der Waals surface area contributed by atoms with Crippen LogP contribution in [0.15, 0.2) is 54.6 Å². The Morgan fingerprint density at radius 1 is 0.939 bits per heavy atom. The molecule has 3 aromatic rings. The molecule has 0 unspecified atom stereocenters. The highest BCUT2D eigenvalue weighted by Gasteiger charge is 2.30. The maximum absolute atomic E-state index is 13.1. The van der Waals surface area contributed by atoms with Crippen LogP contribution >= 0.6 is 0 Å². The summed E-state index contributed by atoms with van der Waals surface area (Å²) in [6, 6.07) is 18.5. The fourth-order valence-corrected chi connectivity index (χ4v) is 4.83. The fourth-order valence-electron chi connectivity index (χ4n) is 4.83. The first-order valence-electron chi connectivity index (χ1n) is 11.6. The van der Waals surface area contributed by atoms with Gasteiger partial charge in [-0.3, -0.25) is 9.59 Å². The van der Waals surface area contributed by atoms with E-state index >= 15 is 0 Å². The van der Waals surface area contributed by atoms with Gasteiger partial charge in [-0.25, -0.2) is 0 Å². The number of nitrogens with zero attached hydrogens (tertiary/aromatic N) is 1. The Hall–Kier alpha value is -3.40. The van der Waals surface area contributed by atoms with E-state index in [2.05, 4.69) is 45.0 Å². The van der Waals surface area contributed by atoms with Crippen LogP contribution in [-0.4, -0.2) is 23.4 Å². The molecule has 170 valence electrons. The molecule has 1 amide bonds. The number of ether oxygens (including phenoxy) is 1. The lowest BCUT2D eigenvalue weighted by Gasteiger charge is -2.33. The molecule has 0 saturated heterocycles. The van der Waals surface area contributed by atoms with E-state index < -0.39 is 0 Å². The zero-order chi connectivity index (χ0) is 23.5. The molecule has 4 nitrogen and oxygen atoms in total. The van der Waals surface area contributed by atoms with E-state index in [-0.39, 0.29) is 18.3 Å². The van der Waals surface area contributed by atoms with Crippen LogP contribution in [0.4, 0.5) is 0 Å². The van der Waals surface area contributed by atoms with Crippen molar-refractivity contribution >= 4 is 11.9 Å². The Morgan fingerprint density at radius 3 is 2.30 bits per heavy atom. The molecule has 0 fully saturated rings. The van der Waals surface area contributed by atoms with Crippen LogP contribution in [0.25, 0.3) is 11.1 Å². The van der Waals surface area contributed by atoms with E-state index in [0.29, 0.717) is 26.1 Å². The van der Waals surface area contributed by atoms with Crippen LogP contribution in [0.3, 0.4) is 0 Å². The van der Waals surface area contributed by atoms with Gasteiger partial charge in [-0.05, 0) is 72.2 Å². The van der Waals surface area contributed by atoms with Crippen molar-refractivity contribution in [2.45, 2.75) is 53.6 Å². The second-order valence-electron chi connectivity index (χ2n) is 8.82. The minimum absolute atomic E-state index is 0.141. The Morgan fingerprint density at radius 2 is 1.64 bits per heavy atom. The van der Waals surface area contributed by atoms with Gasteiger partial charge in [0.15, 0.2) is 0 Å². The van der Waals surface area contributed by atoms with Gasteiger partial charge in [0.1, 0.15) is 0 Å². The summed E-state index contributed by atoms with van der Waals surface area (Å²) < 4.78 is 5.31. The second kappa shape index (κ2) is 9.62. The summed E-state index contributed by atoms with van der Waals surface area (Å²) >= 11 is 0. The quantitative estimate of drug-likeness (QED) is 0.477. The van der Waals surface area contributed by atoms with Crippen molar-refractivity contribution in [2.75, 3.05) is 6.61 Å². The van der Waals surface area contributed by atoms with E-state index in [1.807, 2.05) is 42.2 Å². The molecule has 1 aliphatic heterocycles. The first kappa shape index (κ1) is 22.8. The Balaban J connectivity index is 1.81. The molecule has 0 aromatic heterocycles. The summed E-state index contributed by atoms with van der Waals surface area (Å²) in [7, 11) is 0. The predicted octanol–water partition coefficient (Wildman–Crippen LogP) is 5.47. The van der Waals surface area contributed by atoms with Crippen LogP contribution in [0.1, 0.15) is 45.9 Å². The first-order chi connectivity index (χ1) is 15.9. The molecule has 33 heavy (non-hydrogen) atoms. The second-order valence-corrected chi connectivity index (χ2v) is 8.82. The standard InChI is InChI=1S/C29H31NO3/c1-5-33-28(32)16-25-20(3)26-18-30(17-22-9-7-6-8-10-22)27(31)15-24(26)21(4)29(25)23-13-11-19(2)12-14-23/h6-14H,5,15-18H2,1-4H3. The van der Waals surface area contributed by atoms with Gasteiger partial charge in [-0.2, -0.15) is 0 Å². The normalized spacial score (nSPS) is 13.1. The molecule has 1 aliphatic rings. The van der Waals surface area contributed by atoms with E-state index in [9.17, 15) is 9.59 Å². The maximum Gasteiger partial charge on any atom is 0.310 e. The molecule has 4 rings (SSSR count). The molecule has 1 heterocycles. The number of rotatable bonds is 6. The summed E-state index contributed by atoms with van der Waals surface area (Å²) in [6.07, 6.45) is 0.608. The predicted molar refractivity (Wildman–Crippen MR) is 131 cm³/mol. The SMILES string of the molecule is CCOC(=O)Cc1c(C)c2c(c(C)c1-c1ccc(C)cc1)CC(=O)N(Cc1ccccc1)C2. The molecule has 3 aromatic carbocycles. The average molecular weight is 442 g/mol. The number of carbonyl (C=O) groups excluding carboxylic acids is 2. The summed E-state index contributed by atoms with van der Waals surface area (Å²) in [6.45, 7) is 9.57. The molecular formula is C29H31NO3. The van der Waals surface area contributed by atoms with Crippen LogP contribution in [0.5, 0.6) is 0 Å². The molecule has 0 atom stereocenters. The number of esters is 1. The van der Waals surface area contributed by atoms with E-state index in [4.69, 9.17) is 4.74 Å². The molecule has 0 N–H and O–H groups in total. The van der Waals surface area contributed by atoms with Crippen molar-refractivity contribution in [2.24, 2.45) is 0 Å². The van der Waals surface area contributed by atoms with Crippen LogP contribution < -0.4 is 0 Å². The summed E-state index contributed by atoms with van der Waals surface area (Å²) in [4.78, 5) is 27.6. The molecule has 0 saturated carbocycles. The minimum Gasteiger partial charge on any atom is -0.466 e. The Bertz CT molecular complexity index is 1180. The van der Waals surface area contributed by atoms with Crippen LogP contribution in [0, 0.1) is 20.8 Å². The highest BCUT2D eigenvalue weighted by atomic mass is 16.5. The molecule has 0 radical (unpaired) electrons. The third-order valence-electron chi connectivity index (χ3n) is 6.61. The number of hydrogen-bond acceptors (Lipinski definition) is 3. The van der Waals surface area contributed by atoms with Crippen LogP contribution in [-0.2, 0) is 40.3 Å². The molecule has 0 aliphatic carbocycles. The smallest absolute Gasteiger partial charge is 0.310 e. The lowest BCUT2D eigenvalue weighted by atomic mass is 9.80. The van der Waals surface area contributed by atoms with Crippen molar-refractivity contribution < 1.29 is 14.3 Å². The molecule has 4 heteroatoms. The zero-order valence-corrected chi connectivity index (χ0v) is 19.9. The van der Waals surface area contributed by atoms with Gasteiger partial charge in [0.25, 0.3) is 0 Å². The van der Waals surface area contributed by atoms with Crippen molar-refractivity contribution in [3.05, 3.63) is 93.5 Å². The van der Waals surface area contributed by atoms with Gasteiger partial charge in [0, 0.05) is 13.1 Å². The molecule has 0 bridgehead atoms. The summed E-state index contributed by atoms with van der Waals surface area (Å²) in [5.41, 5.74) is 9.88. The maximum atomic E-state index is 13.1. The average Bonchev–Trinajstić information content (AvgIpc) is 2.80. The Kier molecular flexibility index (Phi) is 6.64. The number of amides is 1. The number of aryl methyl sites for hydroxylation is 1. The third-order valence-corrected chi connectivity index (χ3v) is 6.61. The lowest BCUT2D eigenvalue weighted by molar-refractivity contribution is -0.142. The third kappa shape index (κ3) is 4.70. The summed E-state index contributed by atoms with van der Waals surface area (Å²) in [5, 5.41) is 0. The van der Waals surface area contributed by atoms with E-state index in [1.54, 1.807) is 0 Å². The van der Waals surface area contributed by atoms with Crippen molar-refractivity contribution in [3.8, 4) is 11.1 Å². The van der Waals surface area contributed by atoms with Gasteiger partial charge in [-0.15, -0.1) is 0 Å². The number of benzene rings is 3. The van der Waals surface area contributed by atoms with Gasteiger partial charge >= 0.3 is 5.97 Å². The highest BCUT2D eigenvalue weighted by molar-refractivity contribution is 5.87. The monoisotopic (exact) mass is 441 g/mol. The zero-order valence-electron chi connectivity index (χ0n) is 19.9. The topological polar surface area (TPSA) is 46.6 Å². The van der Waals surface area contributed by atoms with E-state index in [0.717, 1.165) is 44.5 Å². The van der Waals surface area contributed by atoms with Gasteiger partial charge in [-0.1, -0.05) is 60.2 Å². The van der Waals surface area contributed by atoms with Gasteiger partial charge < -0.3 is 9.64 Å². The van der Waals surface area contributed by atoms with Crippen molar-refractivity contribution in [3.63, 3.8) is 0 Å². The Labute approximate surface area is 196 Å². The van der Waals surface area contributed by atoms with Crippen molar-refractivity contribution in [1.82, 2.24) is 4.90 Å². The minimum atomic E-state index is -0.221. The van der Waals surface area contributed by atoms with Gasteiger partial charge in [0.05, 0.1) is 19.4 Å². The van der Waals surface area contributed by atoms with E-state index in [1.165, 1.54) is 5.56 Å². The number of fused-ring (bicyclic) bond motifs is 1. The fraction of sp³-hybridized carbons (Fsp3) is 0.310. The number of carbonyl (C=O) groups is 2. The number of hydrogen-bond donors (Lipinski definition) is 0. The van der Waals surface area contributed by atoms with Gasteiger partial charge in [0.2, 0.25) is 5.91 Å². The lowest BCUT2D eigenvalue weighted by Crippen LogP contribution is -2.37. The van der Waals surface area contributed by atoms with Crippen molar-refractivity contribution in [1.29, 1.82) is 0 Å². The van der Waals surface area contributed by atoms with Crippen LogP contribution in [0.2, 0.25) is 0 Å².